The highest BCUT2D eigenvalue weighted by atomic mass is 32.2. The molecular formula is C18H11F3N2S. The molecule has 0 unspecified atom stereocenters. The van der Waals surface area contributed by atoms with E-state index in [-0.39, 0.29) is 0 Å². The van der Waals surface area contributed by atoms with E-state index in [2.05, 4.69) is 11.1 Å². The number of hydrogen-bond donors (Lipinski definition) is 0. The van der Waals surface area contributed by atoms with Crippen molar-refractivity contribution in [3.63, 3.8) is 0 Å². The molecule has 0 amide bonds. The van der Waals surface area contributed by atoms with Crippen molar-refractivity contribution in [2.24, 2.45) is 0 Å². The Morgan fingerprint density at radius 1 is 1.08 bits per heavy atom. The summed E-state index contributed by atoms with van der Waals surface area (Å²) in [6, 6.07) is 14.5. The van der Waals surface area contributed by atoms with Gasteiger partial charge in [0.25, 0.3) is 0 Å². The Bertz CT molecular complexity index is 959. The molecule has 3 aromatic rings. The Balaban J connectivity index is 2.09. The van der Waals surface area contributed by atoms with Gasteiger partial charge in [-0.2, -0.15) is 18.4 Å². The molecule has 0 N–H and O–H groups in total. The Kier molecular flexibility index (Phi) is 4.20. The molecule has 0 saturated heterocycles. The van der Waals surface area contributed by atoms with E-state index in [1.165, 1.54) is 6.07 Å². The maximum absolute atomic E-state index is 12.8. The number of aryl methyl sites for hydroxylation is 1. The van der Waals surface area contributed by atoms with Crippen molar-refractivity contribution in [3.8, 4) is 6.07 Å². The highest BCUT2D eigenvalue weighted by Crippen LogP contribution is 2.36. The Morgan fingerprint density at radius 2 is 1.83 bits per heavy atom. The third-order valence-electron chi connectivity index (χ3n) is 3.61. The summed E-state index contributed by atoms with van der Waals surface area (Å²) in [6.45, 7) is 1.82. The van der Waals surface area contributed by atoms with Gasteiger partial charge in [0.1, 0.15) is 11.1 Å². The van der Waals surface area contributed by atoms with E-state index in [1.807, 2.05) is 31.2 Å². The van der Waals surface area contributed by atoms with Crippen molar-refractivity contribution in [2.75, 3.05) is 0 Å². The first-order valence-corrected chi connectivity index (χ1v) is 7.86. The van der Waals surface area contributed by atoms with E-state index in [1.54, 1.807) is 6.07 Å². The third kappa shape index (κ3) is 3.08. The van der Waals surface area contributed by atoms with Crippen molar-refractivity contribution in [3.05, 3.63) is 65.2 Å². The Hall–Kier alpha value is -2.52. The molecule has 3 rings (SSSR count). The largest absolute Gasteiger partial charge is 0.416 e. The lowest BCUT2D eigenvalue weighted by Crippen LogP contribution is -2.04. The lowest BCUT2D eigenvalue weighted by atomic mass is 10.1. The molecule has 0 aliphatic carbocycles. The maximum Gasteiger partial charge on any atom is 0.416 e. The van der Waals surface area contributed by atoms with E-state index in [4.69, 9.17) is 0 Å². The highest BCUT2D eigenvalue weighted by molar-refractivity contribution is 7.99. The van der Waals surface area contributed by atoms with E-state index in [0.29, 0.717) is 21.0 Å². The number of pyridine rings is 1. The number of nitrogens with zero attached hydrogens (tertiary/aromatic N) is 2. The van der Waals surface area contributed by atoms with Gasteiger partial charge >= 0.3 is 6.18 Å². The first-order valence-electron chi connectivity index (χ1n) is 7.04. The van der Waals surface area contributed by atoms with Gasteiger partial charge in [-0.3, -0.25) is 0 Å². The second-order valence-electron chi connectivity index (χ2n) is 5.17. The van der Waals surface area contributed by atoms with Crippen LogP contribution in [0.15, 0.2) is 58.5 Å². The predicted molar refractivity (Wildman–Crippen MR) is 86.8 cm³/mol. The number of alkyl halides is 3. The molecule has 120 valence electrons. The van der Waals surface area contributed by atoms with Crippen LogP contribution in [0.25, 0.3) is 10.9 Å². The highest BCUT2D eigenvalue weighted by Gasteiger charge is 2.30. The molecule has 2 aromatic carbocycles. The number of fused-ring (bicyclic) bond motifs is 1. The SMILES string of the molecule is Cc1c(C#N)c(Sc2cccc(C(F)(F)F)c2)nc2ccccc12. The molecule has 0 radical (unpaired) electrons. The number of para-hydroxylation sites is 1. The molecule has 24 heavy (non-hydrogen) atoms. The van der Waals surface area contributed by atoms with Gasteiger partial charge in [-0.25, -0.2) is 4.98 Å². The van der Waals surface area contributed by atoms with Crippen LogP contribution in [0.2, 0.25) is 0 Å². The molecule has 0 saturated carbocycles. The molecule has 0 spiro atoms. The number of rotatable bonds is 2. The molecule has 1 heterocycles. The number of aromatic nitrogens is 1. The van der Waals surface area contributed by atoms with E-state index < -0.39 is 11.7 Å². The zero-order valence-corrected chi connectivity index (χ0v) is 13.4. The molecule has 1 aromatic heterocycles. The summed E-state index contributed by atoms with van der Waals surface area (Å²) in [5, 5.41) is 10.7. The van der Waals surface area contributed by atoms with Gasteiger partial charge in [-0.05, 0) is 36.8 Å². The van der Waals surface area contributed by atoms with Gasteiger partial charge in [0, 0.05) is 10.3 Å². The molecular weight excluding hydrogens is 333 g/mol. The van der Waals surface area contributed by atoms with Crippen molar-refractivity contribution >= 4 is 22.7 Å². The van der Waals surface area contributed by atoms with Crippen molar-refractivity contribution < 1.29 is 13.2 Å². The number of nitriles is 1. The monoisotopic (exact) mass is 344 g/mol. The molecule has 0 atom stereocenters. The number of hydrogen-bond acceptors (Lipinski definition) is 3. The fourth-order valence-electron chi connectivity index (χ4n) is 2.40. The second-order valence-corrected chi connectivity index (χ2v) is 6.24. The third-order valence-corrected chi connectivity index (χ3v) is 4.59. The average molecular weight is 344 g/mol. The van der Waals surface area contributed by atoms with Crippen molar-refractivity contribution in [1.29, 1.82) is 5.26 Å². The fraction of sp³-hybridized carbons (Fsp3) is 0.111. The zero-order chi connectivity index (χ0) is 17.3. The van der Waals surface area contributed by atoms with Gasteiger partial charge in [-0.15, -0.1) is 0 Å². The normalized spacial score (nSPS) is 11.5. The minimum Gasteiger partial charge on any atom is -0.240 e. The minimum absolute atomic E-state index is 0.385. The van der Waals surface area contributed by atoms with E-state index >= 15 is 0 Å². The summed E-state index contributed by atoms with van der Waals surface area (Å²) in [7, 11) is 0. The van der Waals surface area contributed by atoms with Crippen LogP contribution in [0.5, 0.6) is 0 Å². The van der Waals surface area contributed by atoms with Crippen LogP contribution in [0.3, 0.4) is 0 Å². The minimum atomic E-state index is -4.40. The predicted octanol–water partition coefficient (Wildman–Crippen LogP) is 5.58. The lowest BCUT2D eigenvalue weighted by Gasteiger charge is -2.11. The Labute approximate surface area is 140 Å². The van der Waals surface area contributed by atoms with Crippen LogP contribution >= 0.6 is 11.8 Å². The summed E-state index contributed by atoms with van der Waals surface area (Å²) in [5.74, 6) is 0. The van der Waals surface area contributed by atoms with Crippen LogP contribution in [0.4, 0.5) is 13.2 Å². The van der Waals surface area contributed by atoms with Gasteiger partial charge in [0.05, 0.1) is 16.6 Å². The Morgan fingerprint density at radius 3 is 2.54 bits per heavy atom. The van der Waals surface area contributed by atoms with Crippen LogP contribution < -0.4 is 0 Å². The van der Waals surface area contributed by atoms with Gasteiger partial charge < -0.3 is 0 Å². The first kappa shape index (κ1) is 16.3. The number of halogens is 3. The van der Waals surface area contributed by atoms with Crippen molar-refractivity contribution in [2.45, 2.75) is 23.0 Å². The molecule has 0 fully saturated rings. The smallest absolute Gasteiger partial charge is 0.240 e. The molecule has 0 aliphatic heterocycles. The quantitative estimate of drug-likeness (QED) is 0.608. The average Bonchev–Trinajstić information content (AvgIpc) is 2.55. The van der Waals surface area contributed by atoms with Gasteiger partial charge in [0.2, 0.25) is 0 Å². The van der Waals surface area contributed by atoms with Crippen molar-refractivity contribution in [1.82, 2.24) is 4.98 Å². The maximum atomic E-state index is 12.8. The summed E-state index contributed by atoms with van der Waals surface area (Å²) in [4.78, 5) is 4.85. The van der Waals surface area contributed by atoms with Crippen LogP contribution in [-0.4, -0.2) is 4.98 Å². The molecule has 0 aliphatic rings. The van der Waals surface area contributed by atoms with Crippen LogP contribution in [-0.2, 0) is 6.18 Å². The summed E-state index contributed by atoms with van der Waals surface area (Å²) >= 11 is 1.06. The summed E-state index contributed by atoms with van der Waals surface area (Å²) in [6.07, 6.45) is -4.40. The lowest BCUT2D eigenvalue weighted by molar-refractivity contribution is -0.137. The van der Waals surface area contributed by atoms with Crippen LogP contribution in [0.1, 0.15) is 16.7 Å². The molecule has 0 bridgehead atoms. The van der Waals surface area contributed by atoms with E-state index in [0.717, 1.165) is 34.8 Å². The second kappa shape index (κ2) is 6.17. The first-order chi connectivity index (χ1) is 11.4. The summed E-state index contributed by atoms with van der Waals surface area (Å²) < 4.78 is 38.5. The molecule has 2 nitrogen and oxygen atoms in total. The zero-order valence-electron chi connectivity index (χ0n) is 12.6. The summed E-state index contributed by atoms with van der Waals surface area (Å²) in [5.41, 5.74) is 1.15. The van der Waals surface area contributed by atoms with Gasteiger partial charge in [-0.1, -0.05) is 36.0 Å². The van der Waals surface area contributed by atoms with E-state index in [9.17, 15) is 18.4 Å². The molecule has 6 heteroatoms. The van der Waals surface area contributed by atoms with Gasteiger partial charge in [0.15, 0.2) is 0 Å². The standard InChI is InChI=1S/C18H11F3N2S/c1-11-14-7-2-3-8-16(14)23-17(15(11)10-22)24-13-6-4-5-12(9-13)18(19,20)21/h2-9H,1H3. The number of benzene rings is 2. The topological polar surface area (TPSA) is 36.7 Å². The van der Waals surface area contributed by atoms with Crippen LogP contribution in [0, 0.1) is 18.3 Å². The fourth-order valence-corrected chi connectivity index (χ4v) is 3.40.